The van der Waals surface area contributed by atoms with Crippen molar-refractivity contribution < 1.29 is 28.6 Å². The SMILES string of the molecule is CC/C=C\C/C=C\C/C=C\C/C=C\C/C=C\CCCCCC(=O)OC(COC(=O)CCCCCCC/C=C\C/C=C\CCCCCC)COC(=O)CCCCCCCCCCCCCCCCCCC/C=C\CCCCCCCCCC. The zero-order chi connectivity index (χ0) is 59.2. The average Bonchev–Trinajstić information content (AvgIpc) is 3.47. The minimum atomic E-state index is -0.803. The second-order valence-electron chi connectivity index (χ2n) is 23.4. The molecule has 0 heterocycles. The molecule has 0 bridgehead atoms. The van der Waals surface area contributed by atoms with E-state index < -0.39 is 6.10 Å². The largest absolute Gasteiger partial charge is 0.462 e. The highest BCUT2D eigenvalue weighted by Crippen LogP contribution is 2.17. The zero-order valence-corrected chi connectivity index (χ0v) is 54.2. The summed E-state index contributed by atoms with van der Waals surface area (Å²) < 4.78 is 16.9. The number of allylic oxidation sites excluding steroid dienone is 16. The van der Waals surface area contributed by atoms with Crippen molar-refractivity contribution in [3.8, 4) is 0 Å². The van der Waals surface area contributed by atoms with Gasteiger partial charge >= 0.3 is 17.9 Å². The van der Waals surface area contributed by atoms with Gasteiger partial charge in [-0.05, 0) is 122 Å². The molecule has 0 aromatic heterocycles. The first-order valence-electron chi connectivity index (χ1n) is 35.2. The molecule has 0 N–H and O–H groups in total. The van der Waals surface area contributed by atoms with Crippen molar-refractivity contribution in [3.63, 3.8) is 0 Å². The Morgan fingerprint density at radius 3 is 0.780 bits per heavy atom. The molecule has 1 unspecified atom stereocenters. The zero-order valence-electron chi connectivity index (χ0n) is 54.2. The highest BCUT2D eigenvalue weighted by Gasteiger charge is 2.19. The van der Waals surface area contributed by atoms with E-state index in [0.717, 1.165) is 122 Å². The molecule has 472 valence electrons. The van der Waals surface area contributed by atoms with E-state index in [1.807, 2.05) is 0 Å². The second-order valence-corrected chi connectivity index (χ2v) is 23.4. The van der Waals surface area contributed by atoms with Gasteiger partial charge in [-0.3, -0.25) is 14.4 Å². The summed E-state index contributed by atoms with van der Waals surface area (Å²) in [6, 6.07) is 0. The summed E-state index contributed by atoms with van der Waals surface area (Å²) in [6.45, 7) is 6.51. The number of unbranched alkanes of at least 4 members (excludes halogenated alkanes) is 37. The first-order valence-corrected chi connectivity index (χ1v) is 35.2. The Kier molecular flexibility index (Phi) is 66.7. The van der Waals surface area contributed by atoms with E-state index in [1.54, 1.807) is 0 Å². The van der Waals surface area contributed by atoms with Crippen LogP contribution < -0.4 is 0 Å². The van der Waals surface area contributed by atoms with Crippen molar-refractivity contribution in [2.45, 2.75) is 354 Å². The van der Waals surface area contributed by atoms with Crippen LogP contribution in [-0.4, -0.2) is 37.2 Å². The maximum atomic E-state index is 12.9. The number of ether oxygens (including phenoxy) is 3. The summed E-state index contributed by atoms with van der Waals surface area (Å²) in [5.41, 5.74) is 0. The van der Waals surface area contributed by atoms with Gasteiger partial charge in [0.1, 0.15) is 13.2 Å². The molecule has 0 saturated carbocycles. The van der Waals surface area contributed by atoms with Crippen molar-refractivity contribution >= 4 is 17.9 Å². The van der Waals surface area contributed by atoms with Gasteiger partial charge in [0.2, 0.25) is 0 Å². The molecule has 0 saturated heterocycles. The van der Waals surface area contributed by atoms with Crippen LogP contribution in [0.15, 0.2) is 97.2 Å². The van der Waals surface area contributed by atoms with Crippen LogP contribution in [0, 0.1) is 0 Å². The van der Waals surface area contributed by atoms with Crippen LogP contribution in [-0.2, 0) is 28.6 Å². The first-order chi connectivity index (χ1) is 40.5. The number of rotatable bonds is 64. The number of esters is 3. The summed E-state index contributed by atoms with van der Waals surface area (Å²) in [6.07, 6.45) is 94.4. The Morgan fingerprint density at radius 2 is 0.476 bits per heavy atom. The summed E-state index contributed by atoms with van der Waals surface area (Å²) in [4.78, 5) is 38.4. The van der Waals surface area contributed by atoms with Gasteiger partial charge in [0.05, 0.1) is 0 Å². The highest BCUT2D eigenvalue weighted by molar-refractivity contribution is 5.71. The lowest BCUT2D eigenvalue weighted by Crippen LogP contribution is -2.30. The summed E-state index contributed by atoms with van der Waals surface area (Å²) in [5.74, 6) is -0.926. The monoisotopic (exact) mass is 1140 g/mol. The molecule has 1 atom stereocenters. The number of carbonyl (C=O) groups excluding carboxylic acids is 3. The van der Waals surface area contributed by atoms with Crippen LogP contribution in [0.1, 0.15) is 348 Å². The maximum absolute atomic E-state index is 12.9. The molecule has 0 spiro atoms. The van der Waals surface area contributed by atoms with Crippen molar-refractivity contribution in [2.24, 2.45) is 0 Å². The molecule has 6 nitrogen and oxygen atoms in total. The van der Waals surface area contributed by atoms with Gasteiger partial charge in [-0.15, -0.1) is 0 Å². The summed E-state index contributed by atoms with van der Waals surface area (Å²) in [5, 5.41) is 0. The molecule has 0 aliphatic rings. The predicted molar refractivity (Wildman–Crippen MR) is 357 cm³/mol. The molecule has 0 aliphatic carbocycles. The lowest BCUT2D eigenvalue weighted by molar-refractivity contribution is -0.167. The fourth-order valence-corrected chi connectivity index (χ4v) is 10.0. The Balaban J connectivity index is 4.32. The van der Waals surface area contributed by atoms with E-state index in [4.69, 9.17) is 14.2 Å². The normalized spacial score (nSPS) is 12.7. The topological polar surface area (TPSA) is 78.9 Å². The predicted octanol–water partition coefficient (Wildman–Crippen LogP) is 24.4. The average molecular weight is 1140 g/mol. The Hall–Kier alpha value is -3.67. The highest BCUT2D eigenvalue weighted by atomic mass is 16.6. The number of hydrogen-bond donors (Lipinski definition) is 0. The molecule has 82 heavy (non-hydrogen) atoms. The van der Waals surface area contributed by atoms with Gasteiger partial charge in [0.25, 0.3) is 0 Å². The van der Waals surface area contributed by atoms with E-state index in [9.17, 15) is 14.4 Å². The van der Waals surface area contributed by atoms with Crippen LogP contribution in [0.25, 0.3) is 0 Å². The van der Waals surface area contributed by atoms with E-state index in [-0.39, 0.29) is 37.5 Å². The van der Waals surface area contributed by atoms with Gasteiger partial charge in [0, 0.05) is 19.3 Å². The van der Waals surface area contributed by atoms with Gasteiger partial charge in [-0.2, -0.15) is 0 Å². The second kappa shape index (κ2) is 69.8. The van der Waals surface area contributed by atoms with Crippen LogP contribution in [0.5, 0.6) is 0 Å². The molecule has 0 aliphatic heterocycles. The molecule has 0 aromatic carbocycles. The molecular formula is C76H132O6. The van der Waals surface area contributed by atoms with Gasteiger partial charge in [-0.1, -0.05) is 304 Å². The molecule has 6 heteroatoms. The van der Waals surface area contributed by atoms with Crippen molar-refractivity contribution in [1.29, 1.82) is 0 Å². The third-order valence-electron chi connectivity index (χ3n) is 15.3. The van der Waals surface area contributed by atoms with Crippen LogP contribution in [0.3, 0.4) is 0 Å². The van der Waals surface area contributed by atoms with E-state index >= 15 is 0 Å². The van der Waals surface area contributed by atoms with Gasteiger partial charge in [0.15, 0.2) is 6.10 Å². The fourth-order valence-electron chi connectivity index (χ4n) is 10.0. The first kappa shape index (κ1) is 78.3. The molecule has 0 aromatic rings. The molecular weight excluding hydrogens is 1010 g/mol. The van der Waals surface area contributed by atoms with Crippen LogP contribution in [0.2, 0.25) is 0 Å². The number of hydrogen-bond acceptors (Lipinski definition) is 6. The molecule has 0 amide bonds. The van der Waals surface area contributed by atoms with Crippen molar-refractivity contribution in [3.05, 3.63) is 97.2 Å². The third kappa shape index (κ3) is 67.1. The van der Waals surface area contributed by atoms with Crippen molar-refractivity contribution in [1.82, 2.24) is 0 Å². The van der Waals surface area contributed by atoms with E-state index in [2.05, 4.69) is 118 Å². The van der Waals surface area contributed by atoms with Crippen LogP contribution >= 0.6 is 0 Å². The minimum absolute atomic E-state index is 0.0938. The Morgan fingerprint density at radius 1 is 0.256 bits per heavy atom. The minimum Gasteiger partial charge on any atom is -0.462 e. The lowest BCUT2D eigenvalue weighted by atomic mass is 10.0. The smallest absolute Gasteiger partial charge is 0.306 e. The van der Waals surface area contributed by atoms with Crippen LogP contribution in [0.4, 0.5) is 0 Å². The lowest BCUT2D eigenvalue weighted by Gasteiger charge is -2.18. The van der Waals surface area contributed by atoms with Crippen molar-refractivity contribution in [2.75, 3.05) is 13.2 Å². The summed E-state index contributed by atoms with van der Waals surface area (Å²) >= 11 is 0. The van der Waals surface area contributed by atoms with Gasteiger partial charge in [-0.25, -0.2) is 0 Å². The maximum Gasteiger partial charge on any atom is 0.306 e. The Labute approximate surface area is 508 Å². The molecule has 0 radical (unpaired) electrons. The van der Waals surface area contributed by atoms with E-state index in [0.29, 0.717) is 12.8 Å². The third-order valence-corrected chi connectivity index (χ3v) is 15.3. The number of carbonyl (C=O) groups is 3. The summed E-state index contributed by atoms with van der Waals surface area (Å²) in [7, 11) is 0. The fraction of sp³-hybridized carbons (Fsp3) is 0.750. The standard InChI is InChI=1S/C76H132O6/c1-4-7-10-13-16-19-22-25-28-31-33-34-35-36-37-38-39-40-41-42-44-45-48-51-54-57-60-63-66-69-75(78)81-72-73(71-80-74(77)68-65-62-59-56-53-50-47-30-27-24-21-18-15-12-9-6-3)82-76(79)70-67-64-61-58-55-52-49-46-43-32-29-26-23-20-17-14-11-8-5-2/h8,11,17,20-21,24,26,29-31,33,43,46-47,52,55,73H,4-7,9-10,12-16,18-19,22-23,25,27-28,32,34-42,44-45,48-51,53-54,56-72H2,1-3H3/b11-8-,20-17-,24-21-,29-26-,33-31-,46-43-,47-30-,55-52-. The molecule has 0 fully saturated rings. The quantitative estimate of drug-likeness (QED) is 0.0261. The molecule has 0 rings (SSSR count). The van der Waals surface area contributed by atoms with E-state index in [1.165, 1.54) is 186 Å². The van der Waals surface area contributed by atoms with Gasteiger partial charge < -0.3 is 14.2 Å². The Bertz CT molecular complexity index is 1590.